The molecule has 1 heterocycles. The molecule has 4 nitrogen and oxygen atoms in total. The third kappa shape index (κ3) is 2.14. The Bertz CT molecular complexity index is 388. The second-order valence-electron chi connectivity index (χ2n) is 2.94. The number of aromatic amines is 1. The van der Waals surface area contributed by atoms with Gasteiger partial charge in [0.1, 0.15) is 3.57 Å². The van der Waals surface area contributed by atoms with Crippen LogP contribution < -0.4 is 10.9 Å². The first-order valence-electron chi connectivity index (χ1n) is 3.88. The van der Waals surface area contributed by atoms with E-state index >= 15 is 0 Å². The molecule has 13 heavy (non-hydrogen) atoms. The first kappa shape index (κ1) is 9.26. The van der Waals surface area contributed by atoms with Gasteiger partial charge >= 0.3 is 0 Å². The molecular formula is C7H7ClIN3O. The lowest BCUT2D eigenvalue weighted by Gasteiger charge is -2.03. The molecule has 6 heteroatoms. The van der Waals surface area contributed by atoms with Gasteiger partial charge in [0, 0.05) is 6.04 Å². The van der Waals surface area contributed by atoms with Crippen molar-refractivity contribution in [3.05, 3.63) is 19.1 Å². The Hall–Kier alpha value is -0.300. The average molecular weight is 312 g/mol. The van der Waals surface area contributed by atoms with Gasteiger partial charge in [0.15, 0.2) is 5.15 Å². The van der Waals surface area contributed by atoms with Gasteiger partial charge in [-0.2, -0.15) is 0 Å². The number of rotatable bonds is 2. The molecule has 2 rings (SSSR count). The molecule has 0 aliphatic heterocycles. The molecule has 0 atom stereocenters. The minimum Gasteiger partial charge on any atom is -0.353 e. The predicted molar refractivity (Wildman–Crippen MR) is 59.2 cm³/mol. The van der Waals surface area contributed by atoms with Crippen LogP contribution in [-0.4, -0.2) is 16.0 Å². The summed E-state index contributed by atoms with van der Waals surface area (Å²) in [5.41, 5.74) is -0.191. The Morgan fingerprint density at radius 1 is 1.62 bits per heavy atom. The number of nitrogens with zero attached hydrogens (tertiary/aromatic N) is 1. The van der Waals surface area contributed by atoms with Gasteiger partial charge in [-0.05, 0) is 35.4 Å². The zero-order valence-electron chi connectivity index (χ0n) is 6.60. The van der Waals surface area contributed by atoms with Gasteiger partial charge < -0.3 is 5.32 Å². The van der Waals surface area contributed by atoms with Crippen LogP contribution in [0, 0.1) is 3.57 Å². The van der Waals surface area contributed by atoms with E-state index in [9.17, 15) is 4.79 Å². The maximum atomic E-state index is 11.2. The summed E-state index contributed by atoms with van der Waals surface area (Å²) < 4.78 is 0.431. The number of anilines is 1. The van der Waals surface area contributed by atoms with E-state index in [1.807, 2.05) is 22.6 Å². The van der Waals surface area contributed by atoms with Gasteiger partial charge in [-0.15, -0.1) is 0 Å². The number of aromatic nitrogens is 2. The number of hydrogen-bond acceptors (Lipinski definition) is 3. The van der Waals surface area contributed by atoms with Crippen LogP contribution in [0.15, 0.2) is 4.79 Å². The highest BCUT2D eigenvalue weighted by atomic mass is 127. The Kier molecular flexibility index (Phi) is 2.46. The largest absolute Gasteiger partial charge is 0.353 e. The lowest BCUT2D eigenvalue weighted by atomic mass is 10.6. The molecule has 0 saturated heterocycles. The predicted octanol–water partition coefficient (Wildman–Crippen LogP) is 1.60. The fraction of sp³-hybridized carbons (Fsp3) is 0.429. The van der Waals surface area contributed by atoms with Gasteiger partial charge in [0.25, 0.3) is 5.56 Å². The van der Waals surface area contributed by atoms with Crippen molar-refractivity contribution < 1.29 is 0 Å². The van der Waals surface area contributed by atoms with Gasteiger partial charge in [0.2, 0.25) is 5.95 Å². The van der Waals surface area contributed by atoms with Crippen molar-refractivity contribution in [1.29, 1.82) is 0 Å². The normalized spacial score (nSPS) is 15.8. The smallest absolute Gasteiger partial charge is 0.267 e. The van der Waals surface area contributed by atoms with Crippen molar-refractivity contribution in [3.63, 3.8) is 0 Å². The number of hydrogen-bond donors (Lipinski definition) is 2. The molecule has 0 amide bonds. The fourth-order valence-electron chi connectivity index (χ4n) is 0.921. The van der Waals surface area contributed by atoms with E-state index in [0.717, 1.165) is 12.8 Å². The second kappa shape index (κ2) is 3.45. The van der Waals surface area contributed by atoms with Gasteiger partial charge in [-0.25, -0.2) is 4.98 Å². The maximum absolute atomic E-state index is 11.2. The molecular weight excluding hydrogens is 304 g/mol. The first-order chi connectivity index (χ1) is 6.16. The number of halogens is 2. The third-order valence-electron chi connectivity index (χ3n) is 1.74. The van der Waals surface area contributed by atoms with Crippen molar-refractivity contribution >= 4 is 40.1 Å². The molecule has 1 aliphatic rings. The molecule has 0 aromatic carbocycles. The Morgan fingerprint density at radius 2 is 2.31 bits per heavy atom. The Labute approximate surface area is 93.2 Å². The summed E-state index contributed by atoms with van der Waals surface area (Å²) in [4.78, 5) is 17.9. The first-order valence-corrected chi connectivity index (χ1v) is 5.34. The van der Waals surface area contributed by atoms with Crippen LogP contribution in [0.3, 0.4) is 0 Å². The molecule has 1 fully saturated rings. The van der Waals surface area contributed by atoms with Crippen LogP contribution in [0.25, 0.3) is 0 Å². The van der Waals surface area contributed by atoms with E-state index in [0.29, 0.717) is 15.6 Å². The molecule has 1 aliphatic carbocycles. The summed E-state index contributed by atoms with van der Waals surface area (Å²) >= 11 is 7.61. The van der Waals surface area contributed by atoms with Crippen LogP contribution in [0.2, 0.25) is 5.15 Å². The van der Waals surface area contributed by atoms with E-state index in [1.54, 1.807) is 0 Å². The molecule has 0 spiro atoms. The van der Waals surface area contributed by atoms with Crippen LogP contribution in [0.5, 0.6) is 0 Å². The molecule has 2 N–H and O–H groups in total. The second-order valence-corrected chi connectivity index (χ2v) is 4.37. The van der Waals surface area contributed by atoms with Gasteiger partial charge in [-0.3, -0.25) is 9.78 Å². The summed E-state index contributed by atoms with van der Waals surface area (Å²) in [6, 6.07) is 0.458. The quantitative estimate of drug-likeness (QED) is 0.644. The lowest BCUT2D eigenvalue weighted by molar-refractivity contribution is 1.02. The van der Waals surface area contributed by atoms with Crippen LogP contribution in [0.4, 0.5) is 5.95 Å². The zero-order chi connectivity index (χ0) is 9.42. The SMILES string of the molecule is O=c1[nH]c(NC2CC2)nc(Cl)c1I. The molecule has 70 valence electrons. The van der Waals surface area contributed by atoms with Gasteiger partial charge in [-0.1, -0.05) is 11.6 Å². The summed E-state index contributed by atoms with van der Waals surface area (Å²) in [5.74, 6) is 0.470. The molecule has 1 aromatic rings. The highest BCUT2D eigenvalue weighted by Crippen LogP contribution is 2.23. The highest BCUT2D eigenvalue weighted by molar-refractivity contribution is 14.1. The monoisotopic (exact) mass is 311 g/mol. The summed E-state index contributed by atoms with van der Waals surface area (Å²) in [7, 11) is 0. The third-order valence-corrected chi connectivity index (χ3v) is 3.33. The number of nitrogens with one attached hydrogen (secondary N) is 2. The van der Waals surface area contributed by atoms with Crippen molar-refractivity contribution in [1.82, 2.24) is 9.97 Å². The van der Waals surface area contributed by atoms with Crippen LogP contribution in [-0.2, 0) is 0 Å². The van der Waals surface area contributed by atoms with Crippen LogP contribution >= 0.6 is 34.2 Å². The molecule has 1 saturated carbocycles. The van der Waals surface area contributed by atoms with Crippen LogP contribution in [0.1, 0.15) is 12.8 Å². The van der Waals surface area contributed by atoms with Crippen molar-refractivity contribution in [2.75, 3.05) is 5.32 Å². The molecule has 0 bridgehead atoms. The summed E-state index contributed by atoms with van der Waals surface area (Å²) in [5, 5.41) is 3.33. The fourth-order valence-corrected chi connectivity index (χ4v) is 1.35. The van der Waals surface area contributed by atoms with Crippen molar-refractivity contribution in [2.45, 2.75) is 18.9 Å². The molecule has 0 unspecified atom stereocenters. The summed E-state index contributed by atoms with van der Waals surface area (Å²) in [6.07, 6.45) is 2.26. The molecule has 0 radical (unpaired) electrons. The zero-order valence-corrected chi connectivity index (χ0v) is 9.52. The van der Waals surface area contributed by atoms with Crippen molar-refractivity contribution in [3.8, 4) is 0 Å². The minimum atomic E-state index is -0.191. The molecule has 1 aromatic heterocycles. The van der Waals surface area contributed by atoms with E-state index in [1.165, 1.54) is 0 Å². The average Bonchev–Trinajstić information content (AvgIpc) is 2.84. The minimum absolute atomic E-state index is 0.191. The highest BCUT2D eigenvalue weighted by Gasteiger charge is 2.22. The van der Waals surface area contributed by atoms with Gasteiger partial charge in [0.05, 0.1) is 0 Å². The van der Waals surface area contributed by atoms with E-state index < -0.39 is 0 Å². The number of H-pyrrole nitrogens is 1. The van der Waals surface area contributed by atoms with E-state index in [-0.39, 0.29) is 10.7 Å². The maximum Gasteiger partial charge on any atom is 0.267 e. The van der Waals surface area contributed by atoms with E-state index in [2.05, 4.69) is 15.3 Å². The Balaban J connectivity index is 2.31. The summed E-state index contributed by atoms with van der Waals surface area (Å²) in [6.45, 7) is 0. The lowest BCUT2D eigenvalue weighted by Crippen LogP contribution is -2.16. The van der Waals surface area contributed by atoms with Crippen molar-refractivity contribution in [2.24, 2.45) is 0 Å². The Morgan fingerprint density at radius 3 is 2.85 bits per heavy atom. The standard InChI is InChI=1S/C7H7ClIN3O/c8-5-4(9)6(13)12-7(11-5)10-3-1-2-3/h3H,1-2H2,(H2,10,11,12,13). The van der Waals surface area contributed by atoms with E-state index in [4.69, 9.17) is 11.6 Å². The topological polar surface area (TPSA) is 57.8 Å².